The average molecular weight is 332 g/mol. The number of thioether (sulfide) groups is 1. The second-order valence-electron chi connectivity index (χ2n) is 4.72. The highest BCUT2D eigenvalue weighted by Gasteiger charge is 2.11. The first kappa shape index (κ1) is 15.1. The summed E-state index contributed by atoms with van der Waals surface area (Å²) in [4.78, 5) is 21.5. The van der Waals surface area contributed by atoms with Crippen molar-refractivity contribution in [3.05, 3.63) is 40.6 Å². The number of aryl methyl sites for hydroxylation is 2. The van der Waals surface area contributed by atoms with Gasteiger partial charge in [0.15, 0.2) is 9.96 Å². The normalized spacial score (nSPS) is 12.2. The van der Waals surface area contributed by atoms with Crippen LogP contribution in [0.1, 0.15) is 6.92 Å². The molecule has 7 heteroatoms. The summed E-state index contributed by atoms with van der Waals surface area (Å²) in [6, 6.07) is 8.01. The van der Waals surface area contributed by atoms with Crippen molar-refractivity contribution in [3.63, 3.8) is 0 Å². The minimum Gasteiger partial charge on any atom is -0.327 e. The lowest BCUT2D eigenvalue weighted by Gasteiger charge is -2.03. The Morgan fingerprint density at radius 1 is 1.41 bits per heavy atom. The maximum absolute atomic E-state index is 12.0. The van der Waals surface area contributed by atoms with E-state index in [1.54, 1.807) is 0 Å². The van der Waals surface area contributed by atoms with Crippen LogP contribution in [0.15, 0.2) is 46.0 Å². The number of hydrogen-bond acceptors (Lipinski definition) is 4. The van der Waals surface area contributed by atoms with Gasteiger partial charge in [0.05, 0.1) is 16.8 Å². The Labute approximate surface area is 136 Å². The lowest BCUT2D eigenvalue weighted by atomic mass is 10.3. The number of imidazole rings is 1. The Balaban J connectivity index is 1.79. The van der Waals surface area contributed by atoms with E-state index in [9.17, 15) is 4.79 Å². The van der Waals surface area contributed by atoms with Crippen molar-refractivity contribution in [2.75, 3.05) is 5.75 Å². The van der Waals surface area contributed by atoms with E-state index in [1.165, 1.54) is 23.1 Å². The molecule has 0 atom stereocenters. The maximum atomic E-state index is 12.0. The highest BCUT2D eigenvalue weighted by atomic mass is 32.2. The predicted molar refractivity (Wildman–Crippen MR) is 90.0 cm³/mol. The molecule has 3 rings (SSSR count). The van der Waals surface area contributed by atoms with Gasteiger partial charge in [-0.25, -0.2) is 4.98 Å². The summed E-state index contributed by atoms with van der Waals surface area (Å²) in [6.07, 6.45) is 1.89. The topological polar surface area (TPSA) is 52.2 Å². The highest BCUT2D eigenvalue weighted by molar-refractivity contribution is 7.99. The van der Waals surface area contributed by atoms with Gasteiger partial charge in [-0.2, -0.15) is 4.99 Å². The molecule has 0 bridgehead atoms. The number of carbonyl (C=O) groups excluding carboxylic acids is 1. The van der Waals surface area contributed by atoms with Gasteiger partial charge in [0, 0.05) is 25.2 Å². The van der Waals surface area contributed by atoms with Crippen molar-refractivity contribution in [3.8, 4) is 0 Å². The molecule has 0 aliphatic carbocycles. The summed E-state index contributed by atoms with van der Waals surface area (Å²) < 4.78 is 3.97. The Kier molecular flexibility index (Phi) is 4.44. The zero-order valence-electron chi connectivity index (χ0n) is 12.4. The zero-order chi connectivity index (χ0) is 15.5. The number of thiazole rings is 1. The second kappa shape index (κ2) is 6.50. The standard InChI is InChI=1S/C15H16N4OS2/c1-3-19-12-7-5-4-6-11(12)16-15(19)22-10-13(20)17-14-18(2)8-9-21-14/h4-9H,3,10H2,1-2H3. The van der Waals surface area contributed by atoms with E-state index >= 15 is 0 Å². The summed E-state index contributed by atoms with van der Waals surface area (Å²) in [5.74, 6) is 0.152. The minimum atomic E-state index is -0.141. The lowest BCUT2D eigenvalue weighted by molar-refractivity contribution is -0.115. The minimum absolute atomic E-state index is 0.141. The monoisotopic (exact) mass is 332 g/mol. The van der Waals surface area contributed by atoms with E-state index in [0.29, 0.717) is 5.75 Å². The van der Waals surface area contributed by atoms with Crippen molar-refractivity contribution in [1.29, 1.82) is 0 Å². The van der Waals surface area contributed by atoms with Crippen LogP contribution in [-0.4, -0.2) is 25.8 Å². The Hall–Kier alpha value is -1.86. The number of amides is 1. The quantitative estimate of drug-likeness (QED) is 0.690. The van der Waals surface area contributed by atoms with E-state index < -0.39 is 0 Å². The lowest BCUT2D eigenvalue weighted by Crippen LogP contribution is -2.13. The Morgan fingerprint density at radius 2 is 2.23 bits per heavy atom. The number of fused-ring (bicyclic) bond motifs is 1. The molecule has 0 spiro atoms. The number of carbonyl (C=O) groups is 1. The third-order valence-corrected chi connectivity index (χ3v) is 5.05. The fourth-order valence-corrected chi connectivity index (χ4v) is 3.78. The van der Waals surface area contributed by atoms with Crippen LogP contribution in [0.25, 0.3) is 11.0 Å². The number of hydrogen-bond donors (Lipinski definition) is 0. The first-order valence-electron chi connectivity index (χ1n) is 6.94. The summed E-state index contributed by atoms with van der Waals surface area (Å²) in [5.41, 5.74) is 2.06. The van der Waals surface area contributed by atoms with Gasteiger partial charge >= 0.3 is 0 Å². The number of aromatic nitrogens is 3. The van der Waals surface area contributed by atoms with E-state index in [2.05, 4.69) is 21.5 Å². The molecular weight excluding hydrogens is 316 g/mol. The molecule has 0 aliphatic heterocycles. The molecule has 0 N–H and O–H groups in total. The molecule has 3 aromatic rings. The second-order valence-corrected chi connectivity index (χ2v) is 6.53. The molecule has 0 saturated carbocycles. The molecule has 1 amide bonds. The third kappa shape index (κ3) is 3.00. The SMILES string of the molecule is CCn1c(SCC(=O)N=c2sccn2C)nc2ccccc21. The van der Waals surface area contributed by atoms with Crippen LogP contribution in [-0.2, 0) is 18.4 Å². The molecule has 2 heterocycles. The molecule has 5 nitrogen and oxygen atoms in total. The van der Waals surface area contributed by atoms with Gasteiger partial charge in [-0.15, -0.1) is 11.3 Å². The van der Waals surface area contributed by atoms with Gasteiger partial charge in [-0.05, 0) is 19.1 Å². The fraction of sp³-hybridized carbons (Fsp3) is 0.267. The van der Waals surface area contributed by atoms with Crippen molar-refractivity contribution in [2.24, 2.45) is 12.0 Å². The molecule has 0 aliphatic rings. The van der Waals surface area contributed by atoms with Crippen molar-refractivity contribution in [2.45, 2.75) is 18.6 Å². The van der Waals surface area contributed by atoms with Gasteiger partial charge in [0.1, 0.15) is 0 Å². The van der Waals surface area contributed by atoms with Crippen molar-refractivity contribution < 1.29 is 4.79 Å². The van der Waals surface area contributed by atoms with E-state index in [4.69, 9.17) is 0 Å². The number of nitrogens with zero attached hydrogens (tertiary/aromatic N) is 4. The van der Waals surface area contributed by atoms with Crippen molar-refractivity contribution in [1.82, 2.24) is 14.1 Å². The molecule has 1 aromatic carbocycles. The van der Waals surface area contributed by atoms with Gasteiger partial charge in [0.2, 0.25) is 0 Å². The predicted octanol–water partition coefficient (Wildman–Crippen LogP) is 2.68. The van der Waals surface area contributed by atoms with Crippen LogP contribution in [0.2, 0.25) is 0 Å². The van der Waals surface area contributed by atoms with Gasteiger partial charge < -0.3 is 9.13 Å². The summed E-state index contributed by atoms with van der Waals surface area (Å²) >= 11 is 2.89. The van der Waals surface area contributed by atoms with E-state index in [-0.39, 0.29) is 5.91 Å². The van der Waals surface area contributed by atoms with Gasteiger partial charge in [-0.3, -0.25) is 4.79 Å². The first-order valence-corrected chi connectivity index (χ1v) is 8.81. The average Bonchev–Trinajstić information content (AvgIpc) is 3.08. The smallest absolute Gasteiger partial charge is 0.258 e. The number of para-hydroxylation sites is 2. The third-order valence-electron chi connectivity index (χ3n) is 3.24. The summed E-state index contributed by atoms with van der Waals surface area (Å²) in [7, 11) is 1.88. The Morgan fingerprint density at radius 3 is 2.95 bits per heavy atom. The molecule has 0 radical (unpaired) electrons. The van der Waals surface area contributed by atoms with Crippen LogP contribution >= 0.6 is 23.1 Å². The largest absolute Gasteiger partial charge is 0.327 e. The summed E-state index contributed by atoms with van der Waals surface area (Å²) in [6.45, 7) is 2.91. The van der Waals surface area contributed by atoms with E-state index in [1.807, 2.05) is 47.5 Å². The molecule has 0 unspecified atom stereocenters. The van der Waals surface area contributed by atoms with Crippen LogP contribution in [0.4, 0.5) is 0 Å². The highest BCUT2D eigenvalue weighted by Crippen LogP contribution is 2.23. The zero-order valence-corrected chi connectivity index (χ0v) is 14.0. The summed E-state index contributed by atoms with van der Waals surface area (Å²) in [5, 5.41) is 2.78. The number of rotatable bonds is 4. The molecule has 2 aromatic heterocycles. The van der Waals surface area contributed by atoms with Crippen LogP contribution in [0.3, 0.4) is 0 Å². The molecule has 114 valence electrons. The Bertz CT molecular complexity index is 875. The molecule has 22 heavy (non-hydrogen) atoms. The maximum Gasteiger partial charge on any atom is 0.258 e. The van der Waals surface area contributed by atoms with Crippen LogP contribution in [0, 0.1) is 0 Å². The van der Waals surface area contributed by atoms with Crippen molar-refractivity contribution >= 4 is 40.0 Å². The molecule has 0 saturated heterocycles. The van der Waals surface area contributed by atoms with E-state index in [0.717, 1.165) is 27.5 Å². The van der Waals surface area contributed by atoms with Gasteiger partial charge in [0.25, 0.3) is 5.91 Å². The fourth-order valence-electron chi connectivity index (χ4n) is 2.17. The first-order chi connectivity index (χ1) is 10.7. The van der Waals surface area contributed by atoms with Gasteiger partial charge in [-0.1, -0.05) is 23.9 Å². The molecule has 0 fully saturated rings. The molecular formula is C15H16N4OS2. The number of benzene rings is 1. The van der Waals surface area contributed by atoms with Crippen LogP contribution in [0.5, 0.6) is 0 Å². The van der Waals surface area contributed by atoms with Crippen LogP contribution < -0.4 is 4.80 Å².